The second-order valence-electron chi connectivity index (χ2n) is 4.75. The first-order valence-electron chi connectivity index (χ1n) is 6.31. The minimum Gasteiger partial charge on any atom is -0.263 e. The molecule has 1 N–H and O–H groups in total. The number of anilines is 1. The molecule has 1 heterocycles. The summed E-state index contributed by atoms with van der Waals surface area (Å²) in [6.07, 6.45) is 4.63. The molecule has 0 fully saturated rings. The van der Waals surface area contributed by atoms with Crippen LogP contribution in [0.5, 0.6) is 0 Å². The fourth-order valence-corrected chi connectivity index (χ4v) is 3.76. The van der Waals surface area contributed by atoms with Gasteiger partial charge in [0.2, 0.25) is 0 Å². The largest absolute Gasteiger partial charge is 0.263 e. The number of rotatable bonds is 3. The van der Waals surface area contributed by atoms with Gasteiger partial charge in [-0.3, -0.25) is 4.72 Å². The van der Waals surface area contributed by atoms with Crippen molar-refractivity contribution in [3.63, 3.8) is 0 Å². The fourth-order valence-electron chi connectivity index (χ4n) is 2.37. The van der Waals surface area contributed by atoms with E-state index in [-0.39, 0.29) is 0 Å². The van der Waals surface area contributed by atoms with E-state index < -0.39 is 10.0 Å². The van der Waals surface area contributed by atoms with Crippen LogP contribution in [0.25, 0.3) is 0 Å². The highest BCUT2D eigenvalue weighted by atomic mass is 79.9. The van der Waals surface area contributed by atoms with Gasteiger partial charge >= 0.3 is 0 Å². The number of fused-ring (bicyclic) bond motifs is 1. The van der Waals surface area contributed by atoms with Crippen molar-refractivity contribution < 1.29 is 8.42 Å². The summed E-state index contributed by atoms with van der Waals surface area (Å²) >= 11 is 3.29. The molecule has 0 saturated carbocycles. The average molecular weight is 353 g/mol. The van der Waals surface area contributed by atoms with Crippen LogP contribution in [-0.2, 0) is 22.9 Å². The van der Waals surface area contributed by atoms with E-state index >= 15 is 0 Å². The molecule has 0 spiro atoms. The molecule has 0 atom stereocenters. The lowest BCUT2D eigenvalue weighted by Crippen LogP contribution is -2.14. The molecule has 104 valence electrons. The lowest BCUT2D eigenvalue weighted by atomic mass is 10.1. The second-order valence-corrected chi connectivity index (χ2v) is 7.35. The third-order valence-electron chi connectivity index (χ3n) is 3.34. The van der Waals surface area contributed by atoms with E-state index in [1.807, 2.05) is 6.07 Å². The predicted octanol–water partition coefficient (Wildman–Crippen LogP) is 3.13. The molecule has 1 aliphatic rings. The quantitative estimate of drug-likeness (QED) is 0.922. The summed E-state index contributed by atoms with van der Waals surface area (Å²) in [7, 11) is -3.58. The zero-order valence-corrected chi connectivity index (χ0v) is 13.0. The number of aromatic nitrogens is 1. The standard InChI is InChI=1S/C14H13BrN2O2S/c15-12-6-7-16-14(9-12)17-20(18,19)13-5-4-10-2-1-3-11(10)8-13/h4-9H,1-3H2,(H,16,17). The summed E-state index contributed by atoms with van der Waals surface area (Å²) in [6, 6.07) is 8.70. The number of benzene rings is 1. The Morgan fingerprint density at radius 1 is 1.10 bits per heavy atom. The Kier molecular flexibility index (Phi) is 3.52. The molecule has 20 heavy (non-hydrogen) atoms. The highest BCUT2D eigenvalue weighted by Crippen LogP contribution is 2.25. The highest BCUT2D eigenvalue weighted by Gasteiger charge is 2.18. The average Bonchev–Trinajstić information content (AvgIpc) is 2.85. The van der Waals surface area contributed by atoms with Gasteiger partial charge in [0.25, 0.3) is 10.0 Å². The molecule has 0 aliphatic heterocycles. The summed E-state index contributed by atoms with van der Waals surface area (Å²) in [6.45, 7) is 0. The molecule has 0 bridgehead atoms. The van der Waals surface area contributed by atoms with Crippen molar-refractivity contribution in [2.75, 3.05) is 4.72 Å². The Morgan fingerprint density at radius 3 is 2.70 bits per heavy atom. The summed E-state index contributed by atoms with van der Waals surface area (Å²) in [5, 5.41) is 0. The van der Waals surface area contributed by atoms with Crippen LogP contribution >= 0.6 is 15.9 Å². The first kappa shape index (κ1) is 13.6. The Hall–Kier alpha value is -1.40. The zero-order chi connectivity index (χ0) is 14.2. The van der Waals surface area contributed by atoms with Gasteiger partial charge in [0, 0.05) is 10.7 Å². The number of nitrogens with zero attached hydrogens (tertiary/aromatic N) is 1. The van der Waals surface area contributed by atoms with Crippen LogP contribution in [0.4, 0.5) is 5.82 Å². The van der Waals surface area contributed by atoms with Crippen LogP contribution in [0, 0.1) is 0 Å². The summed E-state index contributed by atoms with van der Waals surface area (Å²) in [5.74, 6) is 0.305. The molecule has 1 aliphatic carbocycles. The Balaban J connectivity index is 1.92. The maximum atomic E-state index is 12.3. The Bertz CT molecular complexity index is 760. The fraction of sp³-hybridized carbons (Fsp3) is 0.214. The lowest BCUT2D eigenvalue weighted by molar-refractivity contribution is 0.601. The van der Waals surface area contributed by atoms with E-state index in [0.717, 1.165) is 29.3 Å². The molecule has 0 amide bonds. The number of sulfonamides is 1. The summed E-state index contributed by atoms with van der Waals surface area (Å²) in [4.78, 5) is 4.29. The van der Waals surface area contributed by atoms with E-state index in [0.29, 0.717) is 10.7 Å². The van der Waals surface area contributed by atoms with E-state index in [4.69, 9.17) is 0 Å². The van der Waals surface area contributed by atoms with Gasteiger partial charge in [-0.1, -0.05) is 22.0 Å². The van der Waals surface area contributed by atoms with Crippen LogP contribution in [-0.4, -0.2) is 13.4 Å². The van der Waals surface area contributed by atoms with Gasteiger partial charge in [-0.25, -0.2) is 13.4 Å². The first-order valence-corrected chi connectivity index (χ1v) is 8.58. The highest BCUT2D eigenvalue weighted by molar-refractivity contribution is 9.10. The van der Waals surface area contributed by atoms with Crippen LogP contribution in [0.15, 0.2) is 45.9 Å². The van der Waals surface area contributed by atoms with Crippen LogP contribution in [0.2, 0.25) is 0 Å². The molecule has 0 unspecified atom stereocenters. The van der Waals surface area contributed by atoms with E-state index in [2.05, 4.69) is 25.6 Å². The van der Waals surface area contributed by atoms with Crippen molar-refractivity contribution in [2.45, 2.75) is 24.2 Å². The topological polar surface area (TPSA) is 59.1 Å². The monoisotopic (exact) mass is 352 g/mol. The smallest absolute Gasteiger partial charge is 0.263 e. The molecule has 2 aromatic rings. The number of hydrogen-bond donors (Lipinski definition) is 1. The van der Waals surface area contributed by atoms with Gasteiger partial charge < -0.3 is 0 Å². The Morgan fingerprint density at radius 2 is 1.90 bits per heavy atom. The van der Waals surface area contributed by atoms with Crippen LogP contribution in [0.3, 0.4) is 0 Å². The van der Waals surface area contributed by atoms with E-state index in [9.17, 15) is 8.42 Å². The molecule has 4 nitrogen and oxygen atoms in total. The van der Waals surface area contributed by atoms with Crippen LogP contribution < -0.4 is 4.72 Å². The van der Waals surface area contributed by atoms with Crippen molar-refractivity contribution in [3.8, 4) is 0 Å². The molecule has 1 aromatic carbocycles. The minimum atomic E-state index is -3.58. The number of aryl methyl sites for hydroxylation is 2. The third-order valence-corrected chi connectivity index (χ3v) is 5.19. The van der Waals surface area contributed by atoms with E-state index in [1.54, 1.807) is 30.5 Å². The van der Waals surface area contributed by atoms with Gasteiger partial charge in [-0.2, -0.15) is 0 Å². The maximum Gasteiger partial charge on any atom is 0.263 e. The Labute approximate surface area is 126 Å². The normalized spacial score (nSPS) is 14.1. The van der Waals surface area contributed by atoms with Crippen molar-refractivity contribution in [2.24, 2.45) is 0 Å². The maximum absolute atomic E-state index is 12.3. The number of nitrogens with one attached hydrogen (secondary N) is 1. The molecule has 6 heteroatoms. The second kappa shape index (κ2) is 5.18. The van der Waals surface area contributed by atoms with Gasteiger partial charge in [0.15, 0.2) is 0 Å². The first-order chi connectivity index (χ1) is 9.54. The van der Waals surface area contributed by atoms with Crippen LogP contribution in [0.1, 0.15) is 17.5 Å². The molecular weight excluding hydrogens is 340 g/mol. The molecular formula is C14H13BrN2O2S. The molecule has 0 saturated heterocycles. The van der Waals surface area contributed by atoms with Crippen molar-refractivity contribution in [1.29, 1.82) is 0 Å². The van der Waals surface area contributed by atoms with Gasteiger partial charge in [-0.05, 0) is 54.7 Å². The zero-order valence-electron chi connectivity index (χ0n) is 10.6. The molecule has 0 radical (unpaired) electrons. The predicted molar refractivity (Wildman–Crippen MR) is 81.2 cm³/mol. The summed E-state index contributed by atoms with van der Waals surface area (Å²) < 4.78 is 28.0. The third kappa shape index (κ3) is 2.71. The SMILES string of the molecule is O=S(=O)(Nc1cc(Br)ccn1)c1ccc2c(c1)CCC2. The summed E-state index contributed by atoms with van der Waals surface area (Å²) in [5.41, 5.74) is 2.39. The van der Waals surface area contributed by atoms with Gasteiger partial charge in [0.1, 0.15) is 5.82 Å². The minimum absolute atomic E-state index is 0.292. The molecule has 3 rings (SSSR count). The lowest BCUT2D eigenvalue weighted by Gasteiger charge is -2.09. The van der Waals surface area contributed by atoms with E-state index in [1.165, 1.54) is 5.56 Å². The molecule has 1 aromatic heterocycles. The number of hydrogen-bond acceptors (Lipinski definition) is 3. The van der Waals surface area contributed by atoms with Crippen molar-refractivity contribution in [3.05, 3.63) is 52.1 Å². The van der Waals surface area contributed by atoms with Crippen molar-refractivity contribution in [1.82, 2.24) is 4.98 Å². The number of pyridine rings is 1. The van der Waals surface area contributed by atoms with Gasteiger partial charge in [-0.15, -0.1) is 0 Å². The van der Waals surface area contributed by atoms with Gasteiger partial charge in [0.05, 0.1) is 4.90 Å². The number of halogens is 1. The van der Waals surface area contributed by atoms with Crippen molar-refractivity contribution >= 4 is 31.8 Å².